The van der Waals surface area contributed by atoms with Gasteiger partial charge in [0.15, 0.2) is 23.0 Å². The summed E-state index contributed by atoms with van der Waals surface area (Å²) in [5.41, 5.74) is 4.50. The maximum absolute atomic E-state index is 13.6. The van der Waals surface area contributed by atoms with Crippen molar-refractivity contribution in [2.75, 3.05) is 25.6 Å². The molecule has 6 N–H and O–H groups in total. The quantitative estimate of drug-likeness (QED) is 0.296. The third-order valence-electron chi connectivity index (χ3n) is 4.42. The topological polar surface area (TPSA) is 186 Å². The lowest BCUT2D eigenvalue weighted by Crippen LogP contribution is -2.37. The molecule has 0 aromatic carbocycles. The fourth-order valence-corrected chi connectivity index (χ4v) is 3.43. The van der Waals surface area contributed by atoms with Gasteiger partial charge in [-0.15, -0.1) is 0 Å². The van der Waals surface area contributed by atoms with Crippen LogP contribution in [0.1, 0.15) is 33.4 Å². The molecule has 2 unspecified atom stereocenters. The van der Waals surface area contributed by atoms with Gasteiger partial charge in [-0.2, -0.15) is 0 Å². The molecule has 0 amide bonds. The van der Waals surface area contributed by atoms with Gasteiger partial charge in [0.1, 0.15) is 30.2 Å². The summed E-state index contributed by atoms with van der Waals surface area (Å²) in [7, 11) is -4.56. The number of rotatable bonds is 11. The van der Waals surface area contributed by atoms with Gasteiger partial charge in [0.2, 0.25) is 0 Å². The summed E-state index contributed by atoms with van der Waals surface area (Å²) in [6, 6.07) is 0. The fraction of sp³-hybridized carbons (Fsp3) is 0.688. The largest absolute Gasteiger partial charge is 0.394 e. The van der Waals surface area contributed by atoms with E-state index in [4.69, 9.17) is 15.0 Å². The highest BCUT2D eigenvalue weighted by atomic mass is 31.2. The van der Waals surface area contributed by atoms with Crippen LogP contribution in [0.5, 0.6) is 0 Å². The minimum absolute atomic E-state index is 0.111. The predicted octanol–water partition coefficient (Wildman–Crippen LogP) is 0.326. The molecule has 0 aliphatic heterocycles. The highest BCUT2D eigenvalue weighted by molar-refractivity contribution is 7.54. The van der Waals surface area contributed by atoms with Gasteiger partial charge in [0, 0.05) is 6.42 Å². The number of nitrogens with zero attached hydrogens (tertiary/aromatic N) is 4. The number of hydrogen-bond donors (Lipinski definition) is 5. The maximum atomic E-state index is 13.6. The number of hydrogen-bond acceptors (Lipinski definition) is 10. The van der Waals surface area contributed by atoms with Crippen LogP contribution in [-0.4, -0.2) is 76.7 Å². The molecule has 30 heavy (non-hydrogen) atoms. The summed E-state index contributed by atoms with van der Waals surface area (Å²) >= 11 is 0. The second-order valence-corrected chi connectivity index (χ2v) is 9.85. The molecular weight excluding hydrogens is 424 g/mol. The van der Waals surface area contributed by atoms with E-state index in [1.807, 2.05) is 0 Å². The van der Waals surface area contributed by atoms with E-state index in [2.05, 4.69) is 15.0 Å². The van der Waals surface area contributed by atoms with Crippen LogP contribution in [-0.2, 0) is 13.8 Å². The van der Waals surface area contributed by atoms with Gasteiger partial charge in [-0.05, 0) is 20.8 Å². The molecule has 0 spiro atoms. The van der Waals surface area contributed by atoms with Crippen molar-refractivity contribution in [3.05, 3.63) is 12.7 Å². The molecule has 4 atom stereocenters. The summed E-state index contributed by atoms with van der Waals surface area (Å²) in [4.78, 5) is 21.8. The molecule has 0 fully saturated rings. The molecule has 2 aromatic heterocycles. The monoisotopic (exact) mass is 451 g/mol. The van der Waals surface area contributed by atoms with Crippen LogP contribution in [0, 0.1) is 0 Å². The number of alkyl halides is 1. The molecular formula is C16H27FN5O7P. The third kappa shape index (κ3) is 5.30. The Labute approximate surface area is 172 Å². The van der Waals surface area contributed by atoms with Crippen molar-refractivity contribution in [3.63, 3.8) is 0 Å². The van der Waals surface area contributed by atoms with Crippen LogP contribution in [0.2, 0.25) is 0 Å². The van der Waals surface area contributed by atoms with E-state index in [1.165, 1.54) is 24.1 Å². The van der Waals surface area contributed by atoms with Gasteiger partial charge in [0.05, 0.1) is 19.5 Å². The second-order valence-electron chi connectivity index (χ2n) is 7.53. The fourth-order valence-electron chi connectivity index (χ4n) is 2.47. The Kier molecular flexibility index (Phi) is 7.51. The number of aliphatic hydroxyl groups is 3. The zero-order valence-corrected chi connectivity index (χ0v) is 17.7. The molecule has 0 aliphatic rings. The molecule has 0 aliphatic carbocycles. The molecule has 0 bridgehead atoms. The Morgan fingerprint density at radius 1 is 1.33 bits per heavy atom. The number of aliphatic hydroxyl groups excluding tert-OH is 2. The first-order chi connectivity index (χ1) is 13.8. The zero-order valence-electron chi connectivity index (χ0n) is 16.8. The lowest BCUT2D eigenvalue weighted by atomic mass is 10.1. The number of aromatic nitrogens is 4. The molecule has 170 valence electrons. The smallest absolute Gasteiger partial charge is 0.359 e. The van der Waals surface area contributed by atoms with E-state index < -0.39 is 44.2 Å². The molecule has 2 aromatic rings. The standard InChI is InChI=1S/C16H27FN5O7P/c1-15(2,25)30(26,27)29-16(3,7-17)4-5-28-14(10(24)6-23)22-9-21-11-12(18)19-8-20-13(11)22/h8-10,14,23-25H,4-7H2,1-3H3,(H,26,27)(H2,18,19,20)/t10-,14-,16?/m1/s1. The minimum atomic E-state index is -4.56. The Morgan fingerprint density at radius 2 is 2.00 bits per heavy atom. The number of imidazole rings is 1. The van der Waals surface area contributed by atoms with E-state index in [0.717, 1.165) is 13.8 Å². The van der Waals surface area contributed by atoms with E-state index >= 15 is 0 Å². The van der Waals surface area contributed by atoms with Gasteiger partial charge in [0.25, 0.3) is 0 Å². The zero-order chi connectivity index (χ0) is 22.7. The van der Waals surface area contributed by atoms with E-state index in [9.17, 15) is 29.2 Å². The number of fused-ring (bicyclic) bond motifs is 1. The first kappa shape index (κ1) is 24.5. The van der Waals surface area contributed by atoms with E-state index in [-0.39, 0.29) is 30.0 Å². The molecule has 0 radical (unpaired) electrons. The Balaban J connectivity index is 2.18. The molecule has 2 rings (SSSR count). The van der Waals surface area contributed by atoms with Crippen LogP contribution in [0.4, 0.5) is 10.2 Å². The molecule has 0 saturated carbocycles. The minimum Gasteiger partial charge on any atom is -0.394 e. The Bertz CT molecular complexity index is 908. The number of anilines is 1. The normalized spacial score (nSPS) is 18.7. The highest BCUT2D eigenvalue weighted by Crippen LogP contribution is 2.56. The van der Waals surface area contributed by atoms with Gasteiger partial charge in [-0.25, -0.2) is 19.3 Å². The van der Waals surface area contributed by atoms with Gasteiger partial charge in [-0.1, -0.05) is 0 Å². The third-order valence-corrected chi connectivity index (χ3v) is 6.49. The van der Waals surface area contributed by atoms with Crippen molar-refractivity contribution in [2.45, 2.75) is 50.5 Å². The first-order valence-corrected chi connectivity index (χ1v) is 10.6. The summed E-state index contributed by atoms with van der Waals surface area (Å²) < 4.78 is 37.8. The van der Waals surface area contributed by atoms with E-state index in [1.54, 1.807) is 0 Å². The molecule has 14 heteroatoms. The van der Waals surface area contributed by atoms with Crippen LogP contribution in [0.3, 0.4) is 0 Å². The summed E-state index contributed by atoms with van der Waals surface area (Å²) in [5, 5.41) is 27.2. The van der Waals surface area contributed by atoms with Crippen molar-refractivity contribution >= 4 is 24.6 Å². The number of nitrogen functional groups attached to an aromatic ring is 1. The van der Waals surface area contributed by atoms with Gasteiger partial charge in [-0.3, -0.25) is 13.7 Å². The molecule has 12 nitrogen and oxygen atoms in total. The van der Waals surface area contributed by atoms with E-state index in [0.29, 0.717) is 0 Å². The van der Waals surface area contributed by atoms with Crippen molar-refractivity contribution in [1.29, 1.82) is 0 Å². The molecule has 0 saturated heterocycles. The van der Waals surface area contributed by atoms with Crippen molar-refractivity contribution < 1.29 is 38.4 Å². The highest BCUT2D eigenvalue weighted by Gasteiger charge is 2.45. The first-order valence-electron chi connectivity index (χ1n) is 9.01. The predicted molar refractivity (Wildman–Crippen MR) is 104 cm³/mol. The number of ether oxygens (including phenoxy) is 1. The maximum Gasteiger partial charge on any atom is 0.359 e. The number of halogens is 1. The van der Waals surface area contributed by atoms with Crippen molar-refractivity contribution in [2.24, 2.45) is 0 Å². The van der Waals surface area contributed by atoms with Crippen LogP contribution < -0.4 is 5.73 Å². The van der Waals surface area contributed by atoms with Gasteiger partial charge >= 0.3 is 7.60 Å². The van der Waals surface area contributed by atoms with Crippen LogP contribution >= 0.6 is 7.60 Å². The average Bonchev–Trinajstić information content (AvgIpc) is 3.08. The van der Waals surface area contributed by atoms with Crippen molar-refractivity contribution in [3.8, 4) is 0 Å². The summed E-state index contributed by atoms with van der Waals surface area (Å²) in [5.74, 6) is 0.111. The number of nitrogens with two attached hydrogens (primary N) is 1. The van der Waals surface area contributed by atoms with Gasteiger partial charge < -0.3 is 30.7 Å². The Hall–Kier alpha value is -1.73. The lowest BCUT2D eigenvalue weighted by Gasteiger charge is -2.34. The Morgan fingerprint density at radius 3 is 2.57 bits per heavy atom. The van der Waals surface area contributed by atoms with Crippen molar-refractivity contribution in [1.82, 2.24) is 19.5 Å². The second kappa shape index (κ2) is 9.18. The van der Waals surface area contributed by atoms with Crippen LogP contribution in [0.25, 0.3) is 11.2 Å². The lowest BCUT2D eigenvalue weighted by molar-refractivity contribution is -0.108. The SMILES string of the molecule is CC(CF)(CCO[C@H]([C@H](O)CO)n1cnc2c(N)ncnc21)OP(=O)(O)C(C)(C)O. The average molecular weight is 451 g/mol. The summed E-state index contributed by atoms with van der Waals surface area (Å²) in [6.07, 6.45) is -0.283. The summed E-state index contributed by atoms with van der Waals surface area (Å²) in [6.45, 7) is 1.37. The van der Waals surface area contributed by atoms with Crippen LogP contribution in [0.15, 0.2) is 12.7 Å². The molecule has 2 heterocycles.